The van der Waals surface area contributed by atoms with Gasteiger partial charge in [0.25, 0.3) is 0 Å². The summed E-state index contributed by atoms with van der Waals surface area (Å²) in [6, 6.07) is 0. The number of carbonyl (C=O) groups excluding carboxylic acids is 1. The standard InChI is InChI=1S/C17H30N2O2/c1-4-5-12-6-9-19(10-7-12)15(20)17(18)13-8-11-21-14(13)16(17,2)3/h12-14H,4-11,18H2,1-3H3. The number of nitrogens with two attached hydrogens (primary N) is 1. The summed E-state index contributed by atoms with van der Waals surface area (Å²) >= 11 is 0. The van der Waals surface area contributed by atoms with Crippen LogP contribution in [0.25, 0.3) is 0 Å². The zero-order chi connectivity index (χ0) is 15.3. The van der Waals surface area contributed by atoms with Crippen molar-refractivity contribution in [1.82, 2.24) is 4.90 Å². The highest BCUT2D eigenvalue weighted by atomic mass is 16.5. The van der Waals surface area contributed by atoms with E-state index in [9.17, 15) is 4.79 Å². The molecule has 3 unspecified atom stereocenters. The summed E-state index contributed by atoms with van der Waals surface area (Å²) in [5.74, 6) is 1.19. The highest BCUT2D eigenvalue weighted by molar-refractivity contribution is 5.89. The molecule has 3 rings (SSSR count). The van der Waals surface area contributed by atoms with E-state index >= 15 is 0 Å². The molecule has 0 bridgehead atoms. The summed E-state index contributed by atoms with van der Waals surface area (Å²) in [6.07, 6.45) is 5.92. The van der Waals surface area contributed by atoms with Crippen LogP contribution in [0.3, 0.4) is 0 Å². The molecule has 2 heterocycles. The van der Waals surface area contributed by atoms with Crippen LogP contribution in [0.4, 0.5) is 0 Å². The van der Waals surface area contributed by atoms with Crippen LogP contribution in [0, 0.1) is 17.3 Å². The number of fused-ring (bicyclic) bond motifs is 1. The quantitative estimate of drug-likeness (QED) is 0.868. The first-order chi connectivity index (χ1) is 9.92. The van der Waals surface area contributed by atoms with Gasteiger partial charge in [-0.3, -0.25) is 4.79 Å². The monoisotopic (exact) mass is 294 g/mol. The SMILES string of the molecule is CCCC1CCN(C(=O)C2(N)C3CCOC3C2(C)C)CC1. The summed E-state index contributed by atoms with van der Waals surface area (Å²) in [5.41, 5.74) is 5.70. The second-order valence-electron chi connectivity index (χ2n) is 7.80. The highest BCUT2D eigenvalue weighted by Crippen LogP contribution is 2.58. The number of hydrogen-bond acceptors (Lipinski definition) is 3. The Morgan fingerprint density at radius 2 is 1.95 bits per heavy atom. The van der Waals surface area contributed by atoms with E-state index in [0.29, 0.717) is 0 Å². The predicted octanol–water partition coefficient (Wildman–Crippen LogP) is 2.17. The summed E-state index contributed by atoms with van der Waals surface area (Å²) in [5, 5.41) is 0. The normalized spacial score (nSPS) is 39.0. The molecule has 0 spiro atoms. The van der Waals surface area contributed by atoms with Crippen molar-refractivity contribution in [3.63, 3.8) is 0 Å². The van der Waals surface area contributed by atoms with E-state index in [1.807, 2.05) is 4.90 Å². The van der Waals surface area contributed by atoms with Gasteiger partial charge in [-0.2, -0.15) is 0 Å². The van der Waals surface area contributed by atoms with Crippen LogP contribution in [0.15, 0.2) is 0 Å². The minimum atomic E-state index is -0.717. The zero-order valence-electron chi connectivity index (χ0n) is 13.7. The Bertz CT molecular complexity index is 415. The number of piperidine rings is 1. The Morgan fingerprint density at radius 1 is 1.29 bits per heavy atom. The van der Waals surface area contributed by atoms with Gasteiger partial charge in [0.05, 0.1) is 6.10 Å². The third kappa shape index (κ3) is 2.06. The van der Waals surface area contributed by atoms with Crippen LogP contribution in [0.1, 0.15) is 52.9 Å². The molecule has 0 radical (unpaired) electrons. The van der Waals surface area contributed by atoms with Crippen molar-refractivity contribution in [3.8, 4) is 0 Å². The first-order valence-electron chi connectivity index (χ1n) is 8.62. The number of amides is 1. The minimum absolute atomic E-state index is 0.170. The molecule has 3 aliphatic rings. The van der Waals surface area contributed by atoms with E-state index in [-0.39, 0.29) is 23.3 Å². The lowest BCUT2D eigenvalue weighted by Gasteiger charge is -2.62. The molecule has 0 aromatic rings. The third-order valence-corrected chi connectivity index (χ3v) is 6.41. The highest BCUT2D eigenvalue weighted by Gasteiger charge is 2.71. The number of hydrogen-bond donors (Lipinski definition) is 1. The number of ether oxygens (including phenoxy) is 1. The molecular formula is C17H30N2O2. The Morgan fingerprint density at radius 3 is 2.57 bits per heavy atom. The van der Waals surface area contributed by atoms with Gasteiger partial charge in [0.2, 0.25) is 5.91 Å². The molecule has 3 fully saturated rings. The van der Waals surface area contributed by atoms with Crippen molar-refractivity contribution < 1.29 is 9.53 Å². The van der Waals surface area contributed by atoms with Crippen LogP contribution in [-0.2, 0) is 9.53 Å². The van der Waals surface area contributed by atoms with Crippen molar-refractivity contribution in [2.24, 2.45) is 23.0 Å². The maximum absolute atomic E-state index is 13.1. The molecule has 4 nitrogen and oxygen atoms in total. The van der Waals surface area contributed by atoms with E-state index in [4.69, 9.17) is 10.5 Å². The lowest BCUT2D eigenvalue weighted by molar-refractivity contribution is -0.185. The summed E-state index contributed by atoms with van der Waals surface area (Å²) in [7, 11) is 0. The van der Waals surface area contributed by atoms with Gasteiger partial charge in [-0.25, -0.2) is 0 Å². The lowest BCUT2D eigenvalue weighted by atomic mass is 9.47. The Kier molecular flexibility index (Phi) is 3.81. The molecule has 3 atom stereocenters. The fourth-order valence-corrected chi connectivity index (χ4v) is 4.91. The number of rotatable bonds is 3. The average molecular weight is 294 g/mol. The van der Waals surface area contributed by atoms with E-state index in [1.54, 1.807) is 0 Å². The van der Waals surface area contributed by atoms with Gasteiger partial charge in [0.1, 0.15) is 5.54 Å². The van der Waals surface area contributed by atoms with Crippen LogP contribution in [0.2, 0.25) is 0 Å². The van der Waals surface area contributed by atoms with E-state index < -0.39 is 5.54 Å². The van der Waals surface area contributed by atoms with Gasteiger partial charge >= 0.3 is 0 Å². The molecule has 21 heavy (non-hydrogen) atoms. The van der Waals surface area contributed by atoms with Crippen LogP contribution < -0.4 is 5.73 Å². The molecule has 1 aliphatic carbocycles. The summed E-state index contributed by atoms with van der Waals surface area (Å²) in [6.45, 7) is 8.96. The first-order valence-corrected chi connectivity index (χ1v) is 8.62. The van der Waals surface area contributed by atoms with Gasteiger partial charge in [-0.15, -0.1) is 0 Å². The topological polar surface area (TPSA) is 55.6 Å². The average Bonchev–Trinajstić information content (AvgIpc) is 2.95. The van der Waals surface area contributed by atoms with E-state index in [2.05, 4.69) is 20.8 Å². The van der Waals surface area contributed by atoms with Crippen molar-refractivity contribution in [1.29, 1.82) is 0 Å². The van der Waals surface area contributed by atoms with E-state index in [0.717, 1.165) is 44.9 Å². The molecule has 0 aromatic carbocycles. The molecule has 4 heteroatoms. The molecule has 120 valence electrons. The third-order valence-electron chi connectivity index (χ3n) is 6.41. The molecule has 1 saturated carbocycles. The molecule has 0 aromatic heterocycles. The van der Waals surface area contributed by atoms with Crippen molar-refractivity contribution in [2.75, 3.05) is 19.7 Å². The second kappa shape index (κ2) is 5.24. The van der Waals surface area contributed by atoms with Gasteiger partial charge in [0.15, 0.2) is 0 Å². The zero-order valence-corrected chi connectivity index (χ0v) is 13.7. The Balaban J connectivity index is 1.68. The van der Waals surface area contributed by atoms with Crippen molar-refractivity contribution in [3.05, 3.63) is 0 Å². The Labute approximate surface area is 128 Å². The molecule has 2 N–H and O–H groups in total. The van der Waals surface area contributed by atoms with Gasteiger partial charge in [-0.1, -0.05) is 33.6 Å². The number of nitrogens with zero attached hydrogens (tertiary/aromatic N) is 1. The fourth-order valence-electron chi connectivity index (χ4n) is 4.91. The molecule has 1 amide bonds. The summed E-state index contributed by atoms with van der Waals surface area (Å²) in [4.78, 5) is 15.1. The molecule has 2 saturated heterocycles. The Hall–Kier alpha value is -0.610. The molecule has 2 aliphatic heterocycles. The van der Waals surface area contributed by atoms with Gasteiger partial charge < -0.3 is 15.4 Å². The maximum Gasteiger partial charge on any atom is 0.243 e. The van der Waals surface area contributed by atoms with Gasteiger partial charge in [-0.05, 0) is 25.2 Å². The number of likely N-dealkylation sites (tertiary alicyclic amines) is 1. The number of carbonyl (C=O) groups is 1. The second-order valence-corrected chi connectivity index (χ2v) is 7.80. The molecular weight excluding hydrogens is 264 g/mol. The minimum Gasteiger partial charge on any atom is -0.377 e. The fraction of sp³-hybridized carbons (Fsp3) is 0.941. The smallest absolute Gasteiger partial charge is 0.243 e. The van der Waals surface area contributed by atoms with Crippen molar-refractivity contribution >= 4 is 5.91 Å². The van der Waals surface area contributed by atoms with Crippen LogP contribution in [0.5, 0.6) is 0 Å². The van der Waals surface area contributed by atoms with Crippen LogP contribution >= 0.6 is 0 Å². The van der Waals surface area contributed by atoms with Crippen LogP contribution in [-0.4, -0.2) is 42.1 Å². The largest absolute Gasteiger partial charge is 0.377 e. The first kappa shape index (κ1) is 15.3. The predicted molar refractivity (Wildman–Crippen MR) is 82.8 cm³/mol. The van der Waals surface area contributed by atoms with E-state index in [1.165, 1.54) is 12.8 Å². The lowest BCUT2D eigenvalue weighted by Crippen LogP contribution is -2.80. The van der Waals surface area contributed by atoms with Crippen molar-refractivity contribution in [2.45, 2.75) is 64.5 Å². The summed E-state index contributed by atoms with van der Waals surface area (Å²) < 4.78 is 5.80. The maximum atomic E-state index is 13.1. The van der Waals surface area contributed by atoms with Gasteiger partial charge in [0, 0.05) is 31.0 Å².